The van der Waals surface area contributed by atoms with Gasteiger partial charge in [0, 0.05) is 6.54 Å². The maximum atomic E-state index is 5.94. The summed E-state index contributed by atoms with van der Waals surface area (Å²) in [5.41, 5.74) is 0.622. The Balaban J connectivity index is 2.23. The van der Waals surface area contributed by atoms with Crippen molar-refractivity contribution in [1.82, 2.24) is 5.32 Å². The Labute approximate surface area is 100 Å². The molecule has 0 amide bonds. The van der Waals surface area contributed by atoms with Gasteiger partial charge in [-0.05, 0) is 0 Å². The van der Waals surface area contributed by atoms with Crippen LogP contribution in [0.3, 0.4) is 0 Å². The van der Waals surface area contributed by atoms with Gasteiger partial charge in [0.15, 0.2) is 5.96 Å². The van der Waals surface area contributed by atoms with Crippen LogP contribution in [0.1, 0.15) is 0 Å². The van der Waals surface area contributed by atoms with Crippen molar-refractivity contribution >= 4 is 57.8 Å². The molecule has 0 aliphatic carbocycles. The van der Waals surface area contributed by atoms with E-state index in [4.69, 9.17) is 34.8 Å². The lowest BCUT2D eigenvalue weighted by atomic mass is 10.5. The van der Waals surface area contributed by atoms with Gasteiger partial charge in [0.1, 0.15) is 8.67 Å². The number of aliphatic imine (C=N–C) groups is 1. The van der Waals surface area contributed by atoms with Crippen LogP contribution in [-0.4, -0.2) is 19.0 Å². The number of halogens is 3. The SMILES string of the molecule is Clc1sc(Cl)c(NC2=NCCN2)c1Cl. The molecule has 1 aromatic rings. The van der Waals surface area contributed by atoms with E-state index in [1.165, 1.54) is 11.3 Å². The van der Waals surface area contributed by atoms with Crippen molar-refractivity contribution < 1.29 is 0 Å². The fraction of sp³-hybridized carbons (Fsp3) is 0.286. The van der Waals surface area contributed by atoms with Gasteiger partial charge >= 0.3 is 0 Å². The highest BCUT2D eigenvalue weighted by Gasteiger charge is 2.16. The molecule has 0 bridgehead atoms. The van der Waals surface area contributed by atoms with Gasteiger partial charge in [-0.3, -0.25) is 4.99 Å². The third-order valence-electron chi connectivity index (χ3n) is 1.69. The van der Waals surface area contributed by atoms with E-state index in [-0.39, 0.29) is 0 Å². The van der Waals surface area contributed by atoms with Crippen LogP contribution >= 0.6 is 46.1 Å². The Bertz CT molecular complexity index is 388. The second kappa shape index (κ2) is 4.14. The molecule has 0 aromatic carbocycles. The highest BCUT2D eigenvalue weighted by molar-refractivity contribution is 7.21. The molecule has 0 unspecified atom stereocenters. The van der Waals surface area contributed by atoms with Gasteiger partial charge in [0.05, 0.1) is 17.3 Å². The van der Waals surface area contributed by atoms with Crippen molar-refractivity contribution in [3.8, 4) is 0 Å². The predicted molar refractivity (Wildman–Crippen MR) is 63.3 cm³/mol. The second-order valence-corrected chi connectivity index (χ2v) is 5.22. The molecule has 2 rings (SSSR count). The molecule has 0 spiro atoms. The predicted octanol–water partition coefficient (Wildman–Crippen LogP) is 3.08. The van der Waals surface area contributed by atoms with Crippen molar-refractivity contribution in [3.05, 3.63) is 13.7 Å². The molecule has 0 fully saturated rings. The van der Waals surface area contributed by atoms with Crippen LogP contribution < -0.4 is 10.6 Å². The first-order chi connectivity index (χ1) is 6.68. The van der Waals surface area contributed by atoms with Crippen LogP contribution in [0.25, 0.3) is 0 Å². The number of hydrogen-bond acceptors (Lipinski definition) is 4. The van der Waals surface area contributed by atoms with E-state index < -0.39 is 0 Å². The molecule has 1 aromatic heterocycles. The smallest absolute Gasteiger partial charge is 0.196 e. The molecule has 14 heavy (non-hydrogen) atoms. The Kier molecular flexibility index (Phi) is 3.07. The zero-order valence-corrected chi connectivity index (χ0v) is 9.99. The lowest BCUT2D eigenvalue weighted by molar-refractivity contribution is 0.959. The van der Waals surface area contributed by atoms with Crippen molar-refractivity contribution in [2.75, 3.05) is 18.4 Å². The number of hydrogen-bond donors (Lipinski definition) is 2. The van der Waals surface area contributed by atoms with Gasteiger partial charge in [0.25, 0.3) is 0 Å². The topological polar surface area (TPSA) is 36.4 Å². The fourth-order valence-electron chi connectivity index (χ4n) is 1.06. The van der Waals surface area contributed by atoms with E-state index in [1.807, 2.05) is 0 Å². The standard InChI is InChI=1S/C7H6Cl3N3S/c8-3-4(6(10)14-5(3)9)13-7-11-1-2-12-7/h1-2H2,(H2,11,12,13). The molecule has 2 heterocycles. The summed E-state index contributed by atoms with van der Waals surface area (Å²) in [6, 6.07) is 0. The fourth-order valence-corrected chi connectivity index (χ4v) is 2.85. The highest BCUT2D eigenvalue weighted by Crippen LogP contribution is 2.43. The first-order valence-electron chi connectivity index (χ1n) is 3.87. The first-order valence-corrected chi connectivity index (χ1v) is 5.82. The van der Waals surface area contributed by atoms with E-state index in [9.17, 15) is 0 Å². The summed E-state index contributed by atoms with van der Waals surface area (Å²) in [6.07, 6.45) is 0. The van der Waals surface area contributed by atoms with E-state index in [0.29, 0.717) is 25.3 Å². The number of anilines is 1. The molecule has 1 aliphatic heterocycles. The molecule has 76 valence electrons. The van der Waals surface area contributed by atoms with Gasteiger partial charge in [-0.25, -0.2) is 0 Å². The number of thiophene rings is 1. The summed E-state index contributed by atoms with van der Waals surface area (Å²) in [6.45, 7) is 1.59. The summed E-state index contributed by atoms with van der Waals surface area (Å²) >= 11 is 18.9. The number of guanidine groups is 1. The maximum absolute atomic E-state index is 5.94. The van der Waals surface area contributed by atoms with Crippen LogP contribution in [0.5, 0.6) is 0 Å². The third-order valence-corrected chi connectivity index (χ3v) is 3.88. The normalized spacial score (nSPS) is 15.2. The van der Waals surface area contributed by atoms with Gasteiger partial charge in [-0.15, -0.1) is 11.3 Å². The Hall–Kier alpha value is -0.160. The van der Waals surface area contributed by atoms with Crippen molar-refractivity contribution in [3.63, 3.8) is 0 Å². The summed E-state index contributed by atoms with van der Waals surface area (Å²) in [5, 5.41) is 6.49. The zero-order valence-electron chi connectivity index (χ0n) is 6.90. The van der Waals surface area contributed by atoms with Crippen molar-refractivity contribution in [2.24, 2.45) is 4.99 Å². The molecule has 0 radical (unpaired) electrons. The molecule has 1 aliphatic rings. The lowest BCUT2D eigenvalue weighted by Gasteiger charge is -2.05. The Morgan fingerprint density at radius 3 is 2.57 bits per heavy atom. The summed E-state index contributed by atoms with van der Waals surface area (Å²) < 4.78 is 1.02. The number of rotatable bonds is 1. The first kappa shape index (κ1) is 10.4. The van der Waals surface area contributed by atoms with E-state index in [2.05, 4.69) is 15.6 Å². The molecule has 0 saturated heterocycles. The molecule has 2 N–H and O–H groups in total. The maximum Gasteiger partial charge on any atom is 0.196 e. The molecule has 3 nitrogen and oxygen atoms in total. The molecule has 0 atom stereocenters. The Morgan fingerprint density at radius 2 is 2.07 bits per heavy atom. The number of nitrogens with zero attached hydrogens (tertiary/aromatic N) is 1. The summed E-state index contributed by atoms with van der Waals surface area (Å²) in [4.78, 5) is 4.16. The van der Waals surface area contributed by atoms with Crippen LogP contribution in [-0.2, 0) is 0 Å². The average Bonchev–Trinajstić information content (AvgIpc) is 2.71. The highest BCUT2D eigenvalue weighted by atomic mass is 35.5. The summed E-state index contributed by atoms with van der Waals surface area (Å²) in [7, 11) is 0. The van der Waals surface area contributed by atoms with Crippen molar-refractivity contribution in [1.29, 1.82) is 0 Å². The molecule has 7 heteroatoms. The van der Waals surface area contributed by atoms with Gasteiger partial charge in [-0.1, -0.05) is 34.8 Å². The van der Waals surface area contributed by atoms with Gasteiger partial charge in [-0.2, -0.15) is 0 Å². The zero-order chi connectivity index (χ0) is 10.1. The summed E-state index contributed by atoms with van der Waals surface area (Å²) in [5.74, 6) is 0.684. The second-order valence-electron chi connectivity index (χ2n) is 2.62. The largest absolute Gasteiger partial charge is 0.354 e. The van der Waals surface area contributed by atoms with Gasteiger partial charge < -0.3 is 10.6 Å². The van der Waals surface area contributed by atoms with Crippen molar-refractivity contribution in [2.45, 2.75) is 0 Å². The lowest BCUT2D eigenvalue weighted by Crippen LogP contribution is -2.26. The minimum absolute atomic E-state index is 0.443. The minimum atomic E-state index is 0.443. The quantitative estimate of drug-likeness (QED) is 0.823. The minimum Gasteiger partial charge on any atom is -0.354 e. The van der Waals surface area contributed by atoms with E-state index >= 15 is 0 Å². The van der Waals surface area contributed by atoms with Crippen LogP contribution in [0, 0.1) is 0 Å². The van der Waals surface area contributed by atoms with E-state index in [1.54, 1.807) is 0 Å². The average molecular weight is 271 g/mol. The molecule has 0 saturated carbocycles. The van der Waals surface area contributed by atoms with Crippen LogP contribution in [0.4, 0.5) is 5.69 Å². The van der Waals surface area contributed by atoms with Crippen LogP contribution in [0.15, 0.2) is 4.99 Å². The number of nitrogens with one attached hydrogen (secondary N) is 2. The van der Waals surface area contributed by atoms with Gasteiger partial charge in [0.2, 0.25) is 0 Å². The third kappa shape index (κ3) is 1.93. The monoisotopic (exact) mass is 269 g/mol. The van der Waals surface area contributed by atoms with Crippen LogP contribution in [0.2, 0.25) is 13.7 Å². The molecular weight excluding hydrogens is 265 g/mol. The molecular formula is C7H6Cl3N3S. The Morgan fingerprint density at radius 1 is 1.29 bits per heavy atom. The van der Waals surface area contributed by atoms with E-state index in [0.717, 1.165) is 13.1 Å².